The lowest BCUT2D eigenvalue weighted by Crippen LogP contribution is -2.14. The van der Waals surface area contributed by atoms with Gasteiger partial charge >= 0.3 is 0 Å². The molecule has 0 spiro atoms. The summed E-state index contributed by atoms with van der Waals surface area (Å²) in [6.07, 6.45) is 0.966. The highest BCUT2D eigenvalue weighted by Crippen LogP contribution is 2.27. The minimum absolute atomic E-state index is 0.110. The summed E-state index contributed by atoms with van der Waals surface area (Å²) in [5, 5.41) is 0. The first-order valence-electron chi connectivity index (χ1n) is 6.58. The van der Waals surface area contributed by atoms with E-state index >= 15 is 0 Å². The van der Waals surface area contributed by atoms with Crippen LogP contribution in [0, 0.1) is 0 Å². The largest absolute Gasteiger partial charge is 0.257 e. The molecule has 0 unspecified atom stereocenters. The van der Waals surface area contributed by atoms with Crippen LogP contribution in [0.5, 0.6) is 0 Å². The Balaban J connectivity index is 2.51. The number of pyridine rings is 1. The van der Waals surface area contributed by atoms with Crippen LogP contribution >= 0.6 is 0 Å². The molecule has 2 rings (SSSR count). The summed E-state index contributed by atoms with van der Waals surface area (Å²) in [6, 6.07) is 14.9. The van der Waals surface area contributed by atoms with Crippen molar-refractivity contribution < 1.29 is 0 Å². The van der Waals surface area contributed by atoms with E-state index < -0.39 is 0 Å². The van der Waals surface area contributed by atoms with E-state index in [9.17, 15) is 0 Å². The molecular formula is C17H21N. The van der Waals surface area contributed by atoms with Gasteiger partial charge in [0.25, 0.3) is 0 Å². The number of benzene rings is 1. The lowest BCUT2D eigenvalue weighted by atomic mass is 9.90. The van der Waals surface area contributed by atoms with E-state index in [0.717, 1.165) is 6.42 Å². The minimum Gasteiger partial charge on any atom is -0.257 e. The molecule has 0 saturated heterocycles. The van der Waals surface area contributed by atoms with Gasteiger partial charge in [-0.05, 0) is 18.1 Å². The highest BCUT2D eigenvalue weighted by molar-refractivity contribution is 5.66. The van der Waals surface area contributed by atoms with E-state index in [1.165, 1.54) is 22.5 Å². The maximum absolute atomic E-state index is 4.84. The summed E-state index contributed by atoms with van der Waals surface area (Å²) in [7, 11) is 0. The first-order valence-corrected chi connectivity index (χ1v) is 6.58. The first-order chi connectivity index (χ1) is 8.52. The van der Waals surface area contributed by atoms with Crippen LogP contribution in [0.2, 0.25) is 0 Å². The summed E-state index contributed by atoms with van der Waals surface area (Å²) < 4.78 is 0. The van der Waals surface area contributed by atoms with E-state index in [2.05, 4.69) is 64.1 Å². The average molecular weight is 239 g/mol. The third kappa shape index (κ3) is 2.61. The lowest BCUT2D eigenvalue weighted by molar-refractivity contribution is 0.566. The van der Waals surface area contributed by atoms with Gasteiger partial charge in [0, 0.05) is 22.4 Å². The molecule has 0 N–H and O–H groups in total. The number of aryl methyl sites for hydroxylation is 1. The summed E-state index contributed by atoms with van der Waals surface area (Å²) in [4.78, 5) is 4.84. The Kier molecular flexibility index (Phi) is 3.51. The molecule has 0 radical (unpaired) electrons. The van der Waals surface area contributed by atoms with Gasteiger partial charge in [-0.15, -0.1) is 0 Å². The van der Waals surface area contributed by atoms with Crippen molar-refractivity contribution in [2.45, 2.75) is 39.5 Å². The molecule has 94 valence electrons. The normalized spacial score (nSPS) is 11.6. The Morgan fingerprint density at radius 2 is 1.61 bits per heavy atom. The van der Waals surface area contributed by atoms with Gasteiger partial charge in [-0.2, -0.15) is 0 Å². The molecule has 0 aliphatic rings. The van der Waals surface area contributed by atoms with Crippen molar-refractivity contribution in [2.75, 3.05) is 0 Å². The van der Waals surface area contributed by atoms with Gasteiger partial charge in [0.05, 0.1) is 0 Å². The first kappa shape index (κ1) is 12.8. The van der Waals surface area contributed by atoms with Crippen molar-refractivity contribution in [2.24, 2.45) is 0 Å². The molecule has 18 heavy (non-hydrogen) atoms. The van der Waals surface area contributed by atoms with Crippen molar-refractivity contribution in [1.29, 1.82) is 0 Å². The summed E-state index contributed by atoms with van der Waals surface area (Å²) >= 11 is 0. The molecule has 0 amide bonds. The molecule has 0 aliphatic carbocycles. The Bertz CT molecular complexity index is 521. The van der Waals surface area contributed by atoms with E-state index in [1.807, 2.05) is 6.07 Å². The second-order valence-corrected chi connectivity index (χ2v) is 5.66. The highest BCUT2D eigenvalue weighted by atomic mass is 14.7. The average Bonchev–Trinajstić information content (AvgIpc) is 2.38. The predicted octanol–water partition coefficient (Wildman–Crippen LogP) is 4.61. The molecule has 0 bridgehead atoms. The third-order valence-electron chi connectivity index (χ3n) is 3.16. The molecule has 1 nitrogen and oxygen atoms in total. The maximum Gasteiger partial charge on any atom is 0.0482 e. The predicted molar refractivity (Wildman–Crippen MR) is 77.8 cm³/mol. The minimum atomic E-state index is 0.110. The van der Waals surface area contributed by atoms with Crippen LogP contribution in [-0.2, 0) is 11.8 Å². The van der Waals surface area contributed by atoms with Crippen molar-refractivity contribution in [1.82, 2.24) is 4.98 Å². The standard InChI is InChI=1S/C17H21N/c1-5-15-14(13-9-7-6-8-10-13)11-12-16(18-15)17(2,3)4/h6-12H,5H2,1-4H3. The van der Waals surface area contributed by atoms with E-state index in [4.69, 9.17) is 4.98 Å². The van der Waals surface area contributed by atoms with Crippen molar-refractivity contribution in [3.8, 4) is 11.1 Å². The molecule has 1 heterocycles. The number of hydrogen-bond donors (Lipinski definition) is 0. The number of hydrogen-bond acceptors (Lipinski definition) is 1. The van der Waals surface area contributed by atoms with E-state index in [-0.39, 0.29) is 5.41 Å². The molecule has 2 aromatic rings. The van der Waals surface area contributed by atoms with E-state index in [0.29, 0.717) is 0 Å². The highest BCUT2D eigenvalue weighted by Gasteiger charge is 2.17. The van der Waals surface area contributed by atoms with Crippen molar-refractivity contribution >= 4 is 0 Å². The molecule has 0 fully saturated rings. The number of rotatable bonds is 2. The summed E-state index contributed by atoms with van der Waals surface area (Å²) in [5.74, 6) is 0. The monoisotopic (exact) mass is 239 g/mol. The second-order valence-electron chi connectivity index (χ2n) is 5.66. The third-order valence-corrected chi connectivity index (χ3v) is 3.16. The summed E-state index contributed by atoms with van der Waals surface area (Å²) in [6.45, 7) is 8.78. The topological polar surface area (TPSA) is 12.9 Å². The lowest BCUT2D eigenvalue weighted by Gasteiger charge is -2.20. The molecule has 1 heteroatoms. The van der Waals surface area contributed by atoms with Crippen LogP contribution in [0.25, 0.3) is 11.1 Å². The Labute approximate surface area is 110 Å². The zero-order chi connectivity index (χ0) is 13.2. The molecule has 0 atom stereocenters. The Morgan fingerprint density at radius 3 is 2.17 bits per heavy atom. The Morgan fingerprint density at radius 1 is 0.944 bits per heavy atom. The van der Waals surface area contributed by atoms with Gasteiger partial charge in [0.15, 0.2) is 0 Å². The van der Waals surface area contributed by atoms with Gasteiger partial charge in [-0.25, -0.2) is 0 Å². The van der Waals surface area contributed by atoms with Crippen LogP contribution < -0.4 is 0 Å². The fourth-order valence-corrected chi connectivity index (χ4v) is 2.07. The smallest absolute Gasteiger partial charge is 0.0482 e. The van der Waals surface area contributed by atoms with Crippen LogP contribution in [-0.4, -0.2) is 4.98 Å². The zero-order valence-corrected chi connectivity index (χ0v) is 11.7. The van der Waals surface area contributed by atoms with E-state index in [1.54, 1.807) is 0 Å². The molecular weight excluding hydrogens is 218 g/mol. The molecule has 1 aromatic carbocycles. The van der Waals surface area contributed by atoms with Crippen molar-refractivity contribution in [3.05, 3.63) is 53.9 Å². The zero-order valence-electron chi connectivity index (χ0n) is 11.7. The van der Waals surface area contributed by atoms with Crippen LogP contribution in [0.3, 0.4) is 0 Å². The molecule has 1 aromatic heterocycles. The van der Waals surface area contributed by atoms with Gasteiger partial charge < -0.3 is 0 Å². The maximum atomic E-state index is 4.84. The molecule has 0 saturated carbocycles. The van der Waals surface area contributed by atoms with Gasteiger partial charge in [-0.3, -0.25) is 4.98 Å². The van der Waals surface area contributed by atoms with Gasteiger partial charge in [-0.1, -0.05) is 64.1 Å². The quantitative estimate of drug-likeness (QED) is 0.746. The van der Waals surface area contributed by atoms with Gasteiger partial charge in [0.2, 0.25) is 0 Å². The second kappa shape index (κ2) is 4.93. The number of aromatic nitrogens is 1. The fourth-order valence-electron chi connectivity index (χ4n) is 2.07. The fraction of sp³-hybridized carbons (Fsp3) is 0.353. The van der Waals surface area contributed by atoms with Crippen LogP contribution in [0.15, 0.2) is 42.5 Å². The summed E-state index contributed by atoms with van der Waals surface area (Å²) in [5.41, 5.74) is 4.97. The van der Waals surface area contributed by atoms with Gasteiger partial charge in [0.1, 0.15) is 0 Å². The number of nitrogens with zero attached hydrogens (tertiary/aromatic N) is 1. The van der Waals surface area contributed by atoms with Crippen LogP contribution in [0.1, 0.15) is 39.1 Å². The Hall–Kier alpha value is -1.63. The SMILES string of the molecule is CCc1nc(C(C)(C)C)ccc1-c1ccccc1. The molecule has 0 aliphatic heterocycles. The van der Waals surface area contributed by atoms with Crippen molar-refractivity contribution in [3.63, 3.8) is 0 Å². The van der Waals surface area contributed by atoms with Crippen LogP contribution in [0.4, 0.5) is 0 Å².